The molecule has 19 heavy (non-hydrogen) atoms. The van der Waals surface area contributed by atoms with Gasteiger partial charge in [0.05, 0.1) is 25.9 Å². The van der Waals surface area contributed by atoms with E-state index in [4.69, 9.17) is 9.47 Å². The standard InChI is InChI=1S/C13H20N2O3S/c16-13(15-9-12-4-2-8-19-12)14-5-7-17-10-11-3-1-6-18-11/h2,4,8,11H,1,3,5-7,9-10H2,(H2,14,15,16)/t11-/m0/s1. The molecule has 2 N–H and O–H groups in total. The Kier molecular flexibility index (Phi) is 6.13. The lowest BCUT2D eigenvalue weighted by molar-refractivity contribution is 0.0188. The molecule has 1 fully saturated rings. The highest BCUT2D eigenvalue weighted by Gasteiger charge is 2.14. The molecule has 1 aliphatic heterocycles. The summed E-state index contributed by atoms with van der Waals surface area (Å²) in [5.74, 6) is 0. The predicted molar refractivity (Wildman–Crippen MR) is 74.4 cm³/mol. The van der Waals surface area contributed by atoms with Gasteiger partial charge in [-0.15, -0.1) is 11.3 Å². The van der Waals surface area contributed by atoms with E-state index in [1.807, 2.05) is 17.5 Å². The van der Waals surface area contributed by atoms with Crippen LogP contribution in [0, 0.1) is 0 Å². The van der Waals surface area contributed by atoms with Crippen molar-refractivity contribution in [1.29, 1.82) is 0 Å². The summed E-state index contributed by atoms with van der Waals surface area (Å²) in [6.07, 6.45) is 2.44. The maximum Gasteiger partial charge on any atom is 0.315 e. The number of thiophene rings is 1. The van der Waals surface area contributed by atoms with E-state index in [0.29, 0.717) is 26.3 Å². The maximum absolute atomic E-state index is 11.5. The third-order valence-corrected chi connectivity index (χ3v) is 3.74. The van der Waals surface area contributed by atoms with Crippen molar-refractivity contribution in [3.8, 4) is 0 Å². The van der Waals surface area contributed by atoms with E-state index in [1.54, 1.807) is 11.3 Å². The lowest BCUT2D eigenvalue weighted by Gasteiger charge is -2.10. The van der Waals surface area contributed by atoms with Crippen LogP contribution in [0.15, 0.2) is 17.5 Å². The minimum atomic E-state index is -0.158. The van der Waals surface area contributed by atoms with Crippen LogP contribution in [0.2, 0.25) is 0 Å². The summed E-state index contributed by atoms with van der Waals surface area (Å²) >= 11 is 1.63. The fourth-order valence-electron chi connectivity index (χ4n) is 1.87. The van der Waals surface area contributed by atoms with Gasteiger partial charge in [-0.2, -0.15) is 0 Å². The average Bonchev–Trinajstić information content (AvgIpc) is 3.09. The van der Waals surface area contributed by atoms with Crippen LogP contribution in [0.5, 0.6) is 0 Å². The van der Waals surface area contributed by atoms with Crippen molar-refractivity contribution in [2.24, 2.45) is 0 Å². The molecule has 0 radical (unpaired) electrons. The molecule has 0 unspecified atom stereocenters. The highest BCUT2D eigenvalue weighted by atomic mass is 32.1. The molecule has 0 aromatic carbocycles. The zero-order valence-corrected chi connectivity index (χ0v) is 11.7. The zero-order valence-electron chi connectivity index (χ0n) is 10.9. The largest absolute Gasteiger partial charge is 0.377 e. The van der Waals surface area contributed by atoms with E-state index >= 15 is 0 Å². The molecule has 5 nitrogen and oxygen atoms in total. The molecule has 1 aromatic heterocycles. The first-order valence-corrected chi connectivity index (χ1v) is 7.46. The van der Waals surface area contributed by atoms with Gasteiger partial charge in [0.25, 0.3) is 0 Å². The fraction of sp³-hybridized carbons (Fsp3) is 0.615. The van der Waals surface area contributed by atoms with Crippen LogP contribution in [0.4, 0.5) is 4.79 Å². The molecule has 1 aromatic rings. The van der Waals surface area contributed by atoms with Gasteiger partial charge in [-0.25, -0.2) is 4.79 Å². The summed E-state index contributed by atoms with van der Waals surface area (Å²) in [5.41, 5.74) is 0. The Morgan fingerprint density at radius 1 is 1.53 bits per heavy atom. The second-order valence-corrected chi connectivity index (χ2v) is 5.43. The van der Waals surface area contributed by atoms with Crippen molar-refractivity contribution in [1.82, 2.24) is 10.6 Å². The molecule has 1 atom stereocenters. The van der Waals surface area contributed by atoms with Crippen LogP contribution in [-0.4, -0.2) is 38.5 Å². The van der Waals surface area contributed by atoms with Gasteiger partial charge in [0, 0.05) is 18.0 Å². The van der Waals surface area contributed by atoms with Crippen LogP contribution in [0.25, 0.3) is 0 Å². The van der Waals surface area contributed by atoms with Gasteiger partial charge >= 0.3 is 6.03 Å². The second-order valence-electron chi connectivity index (χ2n) is 4.40. The van der Waals surface area contributed by atoms with E-state index < -0.39 is 0 Å². The highest BCUT2D eigenvalue weighted by Crippen LogP contribution is 2.11. The van der Waals surface area contributed by atoms with Crippen molar-refractivity contribution in [3.63, 3.8) is 0 Å². The number of hydrogen-bond donors (Lipinski definition) is 2. The van der Waals surface area contributed by atoms with E-state index in [0.717, 1.165) is 24.3 Å². The molecule has 2 rings (SSSR count). The molecular weight excluding hydrogens is 264 g/mol. The molecule has 2 amide bonds. The molecule has 6 heteroatoms. The Morgan fingerprint density at radius 3 is 3.21 bits per heavy atom. The monoisotopic (exact) mass is 284 g/mol. The number of carbonyl (C=O) groups excluding carboxylic acids is 1. The SMILES string of the molecule is O=C(NCCOC[C@@H]1CCCO1)NCc1cccs1. The number of amides is 2. The number of urea groups is 1. The molecular formula is C13H20N2O3S. The van der Waals surface area contributed by atoms with E-state index in [2.05, 4.69) is 10.6 Å². The van der Waals surface area contributed by atoms with Crippen molar-refractivity contribution in [2.45, 2.75) is 25.5 Å². The third-order valence-electron chi connectivity index (χ3n) is 2.86. The quantitative estimate of drug-likeness (QED) is 0.750. The van der Waals surface area contributed by atoms with Gasteiger partial charge < -0.3 is 20.1 Å². The van der Waals surface area contributed by atoms with Crippen molar-refractivity contribution in [2.75, 3.05) is 26.4 Å². The molecule has 106 valence electrons. The number of rotatable bonds is 7. The van der Waals surface area contributed by atoms with Crippen LogP contribution >= 0.6 is 11.3 Å². The van der Waals surface area contributed by atoms with Crippen molar-refractivity contribution < 1.29 is 14.3 Å². The molecule has 0 aliphatic carbocycles. The second kappa shape index (κ2) is 8.14. The van der Waals surface area contributed by atoms with Gasteiger partial charge in [0.1, 0.15) is 0 Å². The normalized spacial score (nSPS) is 18.4. The Labute approximate surface area is 117 Å². The molecule has 1 saturated heterocycles. The first-order valence-electron chi connectivity index (χ1n) is 6.58. The molecule has 0 spiro atoms. The van der Waals surface area contributed by atoms with E-state index in [1.165, 1.54) is 0 Å². The third kappa shape index (κ3) is 5.59. The summed E-state index contributed by atoms with van der Waals surface area (Å²) in [5, 5.41) is 7.55. The van der Waals surface area contributed by atoms with Crippen LogP contribution in [-0.2, 0) is 16.0 Å². The van der Waals surface area contributed by atoms with Gasteiger partial charge in [-0.05, 0) is 24.3 Å². The highest BCUT2D eigenvalue weighted by molar-refractivity contribution is 7.09. The zero-order chi connectivity index (χ0) is 13.3. The minimum Gasteiger partial charge on any atom is -0.377 e. The fourth-order valence-corrected chi connectivity index (χ4v) is 2.51. The van der Waals surface area contributed by atoms with Gasteiger partial charge in [-0.3, -0.25) is 0 Å². The first kappa shape index (κ1) is 14.3. The number of nitrogens with one attached hydrogen (secondary N) is 2. The predicted octanol–water partition coefficient (Wildman–Crippen LogP) is 1.74. The Balaban J connectivity index is 1.45. The first-order chi connectivity index (χ1) is 9.34. The van der Waals surface area contributed by atoms with Gasteiger partial charge in [-0.1, -0.05) is 6.07 Å². The minimum absolute atomic E-state index is 0.158. The van der Waals surface area contributed by atoms with Gasteiger partial charge in [0.2, 0.25) is 0 Å². The average molecular weight is 284 g/mol. The Bertz CT molecular complexity index is 364. The Morgan fingerprint density at radius 2 is 2.47 bits per heavy atom. The smallest absolute Gasteiger partial charge is 0.315 e. The van der Waals surface area contributed by atoms with Crippen molar-refractivity contribution in [3.05, 3.63) is 22.4 Å². The maximum atomic E-state index is 11.5. The molecule has 0 bridgehead atoms. The van der Waals surface area contributed by atoms with Crippen molar-refractivity contribution >= 4 is 17.4 Å². The molecule has 2 heterocycles. The molecule has 0 saturated carbocycles. The van der Waals surface area contributed by atoms with E-state index in [9.17, 15) is 4.79 Å². The number of ether oxygens (including phenoxy) is 2. The summed E-state index contributed by atoms with van der Waals surface area (Å²) in [7, 11) is 0. The summed E-state index contributed by atoms with van der Waals surface area (Å²) in [6.45, 7) is 3.07. The lowest BCUT2D eigenvalue weighted by atomic mass is 10.2. The van der Waals surface area contributed by atoms with Gasteiger partial charge in [0.15, 0.2) is 0 Å². The van der Waals surface area contributed by atoms with Crippen LogP contribution < -0.4 is 10.6 Å². The summed E-state index contributed by atoms with van der Waals surface area (Å²) in [6, 6.07) is 3.81. The van der Waals surface area contributed by atoms with E-state index in [-0.39, 0.29) is 12.1 Å². The van der Waals surface area contributed by atoms with Crippen LogP contribution in [0.3, 0.4) is 0 Å². The summed E-state index contributed by atoms with van der Waals surface area (Å²) < 4.78 is 10.9. The number of carbonyl (C=O) groups is 1. The number of hydrogen-bond acceptors (Lipinski definition) is 4. The topological polar surface area (TPSA) is 59.6 Å². The molecule has 1 aliphatic rings. The Hall–Kier alpha value is -1.11. The summed E-state index contributed by atoms with van der Waals surface area (Å²) in [4.78, 5) is 12.6. The lowest BCUT2D eigenvalue weighted by Crippen LogP contribution is -2.37. The van der Waals surface area contributed by atoms with Crippen LogP contribution in [0.1, 0.15) is 17.7 Å².